The molecule has 2 bridgehead atoms. The summed E-state index contributed by atoms with van der Waals surface area (Å²) in [6.45, 7) is -0.220. The van der Waals surface area contributed by atoms with Gasteiger partial charge in [0.2, 0.25) is 11.8 Å². The molecule has 2 N–H and O–H groups in total. The average molecular weight is 719 g/mol. The number of nitrogens with one attached hydrogen (secondary N) is 2. The number of benzene rings is 3. The second-order valence-electron chi connectivity index (χ2n) is 12.1. The topological polar surface area (TPSA) is 118 Å². The molecule has 234 valence electrons. The van der Waals surface area contributed by atoms with E-state index in [0.717, 1.165) is 26.4 Å². The van der Waals surface area contributed by atoms with Crippen LogP contribution in [0.2, 0.25) is 0 Å². The van der Waals surface area contributed by atoms with E-state index in [4.69, 9.17) is 9.47 Å². The molecule has 8 rings (SSSR count). The summed E-state index contributed by atoms with van der Waals surface area (Å²) in [5.41, 5.74) is 2.08. The van der Waals surface area contributed by atoms with Crippen molar-refractivity contribution in [2.75, 3.05) is 23.9 Å². The number of methoxy groups -OCH3 is 1. The predicted molar refractivity (Wildman–Crippen MR) is 179 cm³/mol. The fraction of sp³-hybridized carbons (Fsp3) is 0.294. The number of aromatic nitrogens is 1. The average Bonchev–Trinajstić information content (AvgIpc) is 3.80. The normalized spacial score (nSPS) is 27.3. The molecule has 3 fully saturated rings. The number of nitrogens with zero attached hydrogens (tertiary/aromatic N) is 1. The van der Waals surface area contributed by atoms with Crippen LogP contribution in [0.25, 0.3) is 0 Å². The summed E-state index contributed by atoms with van der Waals surface area (Å²) >= 11 is 6.45. The number of H-pyrrole nitrogens is 1. The maximum atomic E-state index is 14.0. The lowest BCUT2D eigenvalue weighted by Crippen LogP contribution is -2.42. The summed E-state index contributed by atoms with van der Waals surface area (Å²) in [4.78, 5) is 58.7. The van der Waals surface area contributed by atoms with E-state index < -0.39 is 5.92 Å². The molecular formula is C34H28BrN3O6S2. The number of hydrogen-bond donors (Lipinski definition) is 2. The lowest BCUT2D eigenvalue weighted by Gasteiger charge is -2.43. The fourth-order valence-electron chi connectivity index (χ4n) is 8.11. The molecule has 0 radical (unpaired) electrons. The van der Waals surface area contributed by atoms with E-state index in [-0.39, 0.29) is 64.0 Å². The fourth-order valence-corrected chi connectivity index (χ4v) is 11.4. The third kappa shape index (κ3) is 4.72. The van der Waals surface area contributed by atoms with E-state index in [2.05, 4.69) is 26.2 Å². The Morgan fingerprint density at radius 1 is 1.00 bits per heavy atom. The van der Waals surface area contributed by atoms with E-state index in [1.165, 1.54) is 16.2 Å². The highest BCUT2D eigenvalue weighted by Crippen LogP contribution is 2.69. The van der Waals surface area contributed by atoms with Crippen LogP contribution in [0, 0.1) is 29.6 Å². The number of anilines is 2. The van der Waals surface area contributed by atoms with Crippen LogP contribution < -0.4 is 24.6 Å². The van der Waals surface area contributed by atoms with Crippen LogP contribution in [0.1, 0.15) is 22.8 Å². The first kappa shape index (κ1) is 29.5. The van der Waals surface area contributed by atoms with Gasteiger partial charge in [0.1, 0.15) is 11.5 Å². The van der Waals surface area contributed by atoms with E-state index in [0.29, 0.717) is 22.9 Å². The maximum absolute atomic E-state index is 14.0. The Bertz CT molecular complexity index is 1930. The second-order valence-corrected chi connectivity index (χ2v) is 15.2. The molecule has 2 saturated carbocycles. The highest BCUT2D eigenvalue weighted by molar-refractivity contribution is 9.10. The number of halogens is 1. The maximum Gasteiger partial charge on any atom is 0.305 e. The number of para-hydroxylation sites is 1. The molecule has 0 unspecified atom stereocenters. The van der Waals surface area contributed by atoms with Crippen LogP contribution >= 0.6 is 39.0 Å². The van der Waals surface area contributed by atoms with Gasteiger partial charge in [0.05, 0.1) is 29.7 Å². The Morgan fingerprint density at radius 3 is 2.48 bits per heavy atom. The second kappa shape index (κ2) is 11.4. The first-order valence-corrected chi connectivity index (χ1v) is 17.5. The van der Waals surface area contributed by atoms with Gasteiger partial charge in [-0.15, -0.1) is 11.8 Å². The molecule has 7 atom stereocenters. The highest BCUT2D eigenvalue weighted by Gasteiger charge is 2.69. The van der Waals surface area contributed by atoms with Gasteiger partial charge in [-0.25, -0.2) is 0 Å². The highest BCUT2D eigenvalue weighted by atomic mass is 79.9. The monoisotopic (exact) mass is 717 g/mol. The van der Waals surface area contributed by atoms with Crippen LogP contribution in [0.4, 0.5) is 11.4 Å². The number of ether oxygens (including phenoxy) is 2. The Morgan fingerprint density at radius 2 is 1.74 bits per heavy atom. The minimum absolute atomic E-state index is 0.000935. The minimum Gasteiger partial charge on any atom is -0.497 e. The standard InChI is InChI=1S/C34H28BrN3O6S2/c1-43-19-10-8-17(9-11-19)36-24(39)15-44-23-12-7-16(35)13-20(23)25-26-21-14-22(29(26)45-31-30(25)46-34(42)37-31)28-27(21)32(40)38(33(28)41)18-5-3-2-4-6-18/h2-13,21-22,25-29H,14-15H2,1H3,(H,36,39)(H,37,42)/t21-,22-,25+,26-,27+,28+,29-/m1/s1. The number of aromatic amines is 1. The SMILES string of the molecule is COc1ccc(NC(=O)COc2ccc(Br)cc2[C@@H]2c3sc(=O)[nH]c3S[C@@H]3[C@@H]4C[C@@H]([C@@H]5C(=O)N(c6ccccc6)C(=O)[C@@H]45)[C@H]23)cc1. The van der Waals surface area contributed by atoms with Crippen LogP contribution in [-0.2, 0) is 14.4 Å². The van der Waals surface area contributed by atoms with E-state index in [1.807, 2.05) is 48.5 Å². The molecule has 2 aliphatic carbocycles. The van der Waals surface area contributed by atoms with Crippen molar-refractivity contribution in [3.63, 3.8) is 0 Å². The zero-order valence-electron chi connectivity index (χ0n) is 24.5. The summed E-state index contributed by atoms with van der Waals surface area (Å²) in [6.07, 6.45) is 0.780. The van der Waals surface area contributed by atoms with E-state index in [1.54, 1.807) is 43.1 Å². The zero-order valence-corrected chi connectivity index (χ0v) is 27.7. The largest absolute Gasteiger partial charge is 0.497 e. The molecule has 4 aliphatic rings. The third-order valence-corrected chi connectivity index (χ3v) is 12.9. The van der Waals surface area contributed by atoms with Crippen LogP contribution in [-0.4, -0.2) is 41.7 Å². The number of thioether (sulfide) groups is 1. The molecule has 0 spiro atoms. The molecule has 12 heteroatoms. The van der Waals surface area contributed by atoms with Gasteiger partial charge >= 0.3 is 4.87 Å². The summed E-state index contributed by atoms with van der Waals surface area (Å²) in [6, 6.07) is 21.9. The van der Waals surface area contributed by atoms with Crippen molar-refractivity contribution < 1.29 is 23.9 Å². The quantitative estimate of drug-likeness (QED) is 0.229. The number of rotatable bonds is 7. The van der Waals surface area contributed by atoms with Gasteiger partial charge in [0.25, 0.3) is 5.91 Å². The Labute approximate surface area is 280 Å². The molecule has 1 aromatic heterocycles. The lowest BCUT2D eigenvalue weighted by atomic mass is 9.68. The van der Waals surface area contributed by atoms with Crippen molar-refractivity contribution in [3.05, 3.63) is 97.4 Å². The van der Waals surface area contributed by atoms with Crippen LogP contribution in [0.3, 0.4) is 0 Å². The molecule has 3 heterocycles. The number of fused-ring (bicyclic) bond motifs is 9. The lowest BCUT2D eigenvalue weighted by molar-refractivity contribution is -0.123. The number of imide groups is 1. The van der Waals surface area contributed by atoms with Gasteiger partial charge in [-0.05, 0) is 78.8 Å². The van der Waals surface area contributed by atoms with Crippen LogP contribution in [0.15, 0.2) is 87.1 Å². The zero-order chi connectivity index (χ0) is 31.7. The van der Waals surface area contributed by atoms with Crippen molar-refractivity contribution >= 4 is 68.1 Å². The number of thiazole rings is 1. The van der Waals surface area contributed by atoms with Crippen molar-refractivity contribution in [1.29, 1.82) is 0 Å². The summed E-state index contributed by atoms with van der Waals surface area (Å²) in [5.74, 6) is -0.444. The van der Waals surface area contributed by atoms with Gasteiger partial charge in [-0.2, -0.15) is 0 Å². The van der Waals surface area contributed by atoms with Crippen molar-refractivity contribution in [3.8, 4) is 11.5 Å². The molecule has 3 aromatic carbocycles. The molecule has 2 aliphatic heterocycles. The van der Waals surface area contributed by atoms with Gasteiger partial charge in [0, 0.05) is 31.8 Å². The first-order chi connectivity index (χ1) is 22.3. The smallest absolute Gasteiger partial charge is 0.305 e. The number of amides is 3. The van der Waals surface area contributed by atoms with Crippen molar-refractivity contribution in [1.82, 2.24) is 4.98 Å². The minimum atomic E-state index is -0.411. The third-order valence-electron chi connectivity index (χ3n) is 9.78. The van der Waals surface area contributed by atoms with E-state index >= 15 is 0 Å². The van der Waals surface area contributed by atoms with Crippen molar-refractivity contribution in [2.45, 2.75) is 22.6 Å². The van der Waals surface area contributed by atoms with Gasteiger partial charge < -0.3 is 19.8 Å². The van der Waals surface area contributed by atoms with Gasteiger partial charge in [-0.1, -0.05) is 45.5 Å². The summed E-state index contributed by atoms with van der Waals surface area (Å²) < 4.78 is 12.2. The molecule has 46 heavy (non-hydrogen) atoms. The number of hydrogen-bond acceptors (Lipinski definition) is 8. The molecular weight excluding hydrogens is 690 g/mol. The van der Waals surface area contributed by atoms with Gasteiger partial charge in [0.15, 0.2) is 6.61 Å². The van der Waals surface area contributed by atoms with Crippen LogP contribution in [0.5, 0.6) is 11.5 Å². The molecule has 4 aromatic rings. The van der Waals surface area contributed by atoms with Gasteiger partial charge in [-0.3, -0.25) is 24.1 Å². The summed E-state index contributed by atoms with van der Waals surface area (Å²) in [5, 5.41) is 3.70. The first-order valence-electron chi connectivity index (χ1n) is 15.0. The predicted octanol–water partition coefficient (Wildman–Crippen LogP) is 5.90. The number of carbonyl (C=O) groups is 3. The van der Waals surface area contributed by atoms with E-state index in [9.17, 15) is 19.2 Å². The molecule has 3 amide bonds. The summed E-state index contributed by atoms with van der Waals surface area (Å²) in [7, 11) is 1.58. The number of carbonyl (C=O) groups excluding carboxylic acids is 3. The Balaban J connectivity index is 1.13. The van der Waals surface area contributed by atoms with Crippen molar-refractivity contribution in [2.24, 2.45) is 29.6 Å². The Hall–Kier alpha value is -3.87. The molecule has 1 saturated heterocycles. The Kier molecular flexibility index (Phi) is 7.34. The molecule has 9 nitrogen and oxygen atoms in total.